The first kappa shape index (κ1) is 23.6. The van der Waals surface area contributed by atoms with Crippen LogP contribution >= 0.6 is 11.8 Å². The van der Waals surface area contributed by atoms with Gasteiger partial charge in [0.25, 0.3) is 5.69 Å². The van der Waals surface area contributed by atoms with Crippen molar-refractivity contribution in [2.75, 3.05) is 37.7 Å². The average molecular weight is 479 g/mol. The molecule has 8 nitrogen and oxygen atoms in total. The first-order chi connectivity index (χ1) is 16.5. The Morgan fingerprint density at radius 1 is 1.06 bits per heavy atom. The summed E-state index contributed by atoms with van der Waals surface area (Å²) >= 11 is 1.32. The first-order valence-electron chi connectivity index (χ1n) is 11.1. The standard InChI is InChI=1S/C25H26N4O4S/c1-3-33-22-6-4-5-7-24(22)34-23-9-8-19(16-21(23)29(31)32)20-10-11-26-25(17-20)28-14-12-27(13-15-28)18(2)30/h4-11,16-17H,3,12-15H2,1-2H3. The second-order valence-corrected chi connectivity index (χ2v) is 8.90. The molecule has 0 N–H and O–H groups in total. The predicted octanol–water partition coefficient (Wildman–Crippen LogP) is 4.88. The fourth-order valence-corrected chi connectivity index (χ4v) is 4.86. The number of anilines is 1. The van der Waals surface area contributed by atoms with E-state index in [1.165, 1.54) is 11.8 Å². The van der Waals surface area contributed by atoms with Crippen LogP contribution in [-0.4, -0.2) is 53.5 Å². The highest BCUT2D eigenvalue weighted by Gasteiger charge is 2.21. The van der Waals surface area contributed by atoms with Crippen molar-refractivity contribution in [2.45, 2.75) is 23.6 Å². The smallest absolute Gasteiger partial charge is 0.283 e. The van der Waals surface area contributed by atoms with Crippen molar-refractivity contribution in [2.24, 2.45) is 0 Å². The number of para-hydroxylation sites is 1. The van der Waals surface area contributed by atoms with Gasteiger partial charge < -0.3 is 14.5 Å². The van der Waals surface area contributed by atoms with Crippen LogP contribution in [0, 0.1) is 10.1 Å². The third kappa shape index (κ3) is 5.31. The summed E-state index contributed by atoms with van der Waals surface area (Å²) in [5.41, 5.74) is 1.65. The van der Waals surface area contributed by atoms with Crippen molar-refractivity contribution in [3.8, 4) is 16.9 Å². The van der Waals surface area contributed by atoms with Crippen molar-refractivity contribution >= 4 is 29.2 Å². The summed E-state index contributed by atoms with van der Waals surface area (Å²) in [7, 11) is 0. The summed E-state index contributed by atoms with van der Waals surface area (Å²) in [4.78, 5) is 33.0. The Morgan fingerprint density at radius 2 is 1.79 bits per heavy atom. The van der Waals surface area contributed by atoms with Crippen molar-refractivity contribution in [3.63, 3.8) is 0 Å². The molecule has 34 heavy (non-hydrogen) atoms. The number of aromatic nitrogens is 1. The fraction of sp³-hybridized carbons (Fsp3) is 0.280. The number of ether oxygens (including phenoxy) is 1. The van der Waals surface area contributed by atoms with Crippen LogP contribution in [0.4, 0.5) is 11.5 Å². The molecule has 0 atom stereocenters. The number of rotatable bonds is 7. The number of nitrogens with zero attached hydrogens (tertiary/aromatic N) is 4. The zero-order chi connectivity index (χ0) is 24.1. The van der Waals surface area contributed by atoms with Gasteiger partial charge in [-0.2, -0.15) is 0 Å². The van der Waals surface area contributed by atoms with Gasteiger partial charge in [0, 0.05) is 45.4 Å². The number of hydrogen-bond acceptors (Lipinski definition) is 7. The third-order valence-electron chi connectivity index (χ3n) is 5.65. The second-order valence-electron chi connectivity index (χ2n) is 7.82. The van der Waals surface area contributed by atoms with Crippen molar-refractivity contribution in [3.05, 3.63) is 70.9 Å². The van der Waals surface area contributed by atoms with Gasteiger partial charge in [0.1, 0.15) is 11.6 Å². The maximum Gasteiger partial charge on any atom is 0.283 e. The molecular weight excluding hydrogens is 452 g/mol. The van der Waals surface area contributed by atoms with Crippen LogP contribution in [0.1, 0.15) is 13.8 Å². The van der Waals surface area contributed by atoms with Gasteiger partial charge in [0.15, 0.2) is 0 Å². The molecule has 3 aromatic rings. The molecule has 1 fully saturated rings. The molecule has 1 aliphatic heterocycles. The summed E-state index contributed by atoms with van der Waals surface area (Å²) in [5.74, 6) is 1.58. The lowest BCUT2D eigenvalue weighted by atomic mass is 10.1. The van der Waals surface area contributed by atoms with Gasteiger partial charge in [-0.1, -0.05) is 30.0 Å². The number of nitro benzene ring substituents is 1. The Kier molecular flexibility index (Phi) is 7.32. The number of carbonyl (C=O) groups excluding carboxylic acids is 1. The Balaban J connectivity index is 1.59. The quantitative estimate of drug-likeness (QED) is 0.353. The van der Waals surface area contributed by atoms with E-state index in [0.29, 0.717) is 43.4 Å². The molecule has 1 saturated heterocycles. The van der Waals surface area contributed by atoms with Gasteiger partial charge in [-0.3, -0.25) is 14.9 Å². The minimum absolute atomic E-state index is 0.0437. The van der Waals surface area contributed by atoms with Crippen molar-refractivity contribution in [1.29, 1.82) is 0 Å². The molecule has 0 bridgehead atoms. The predicted molar refractivity (Wildman–Crippen MR) is 133 cm³/mol. The summed E-state index contributed by atoms with van der Waals surface area (Å²) < 4.78 is 5.67. The Morgan fingerprint density at radius 3 is 2.50 bits per heavy atom. The highest BCUT2D eigenvalue weighted by atomic mass is 32.2. The van der Waals surface area contributed by atoms with E-state index in [0.717, 1.165) is 21.8 Å². The number of benzene rings is 2. The summed E-state index contributed by atoms with van der Waals surface area (Å²) in [6.45, 7) is 6.72. The molecule has 0 saturated carbocycles. The number of nitro groups is 1. The number of carbonyl (C=O) groups is 1. The molecule has 4 rings (SSSR count). The normalized spacial score (nSPS) is 13.6. The van der Waals surface area contributed by atoms with Gasteiger partial charge >= 0.3 is 0 Å². The number of piperazine rings is 1. The highest BCUT2D eigenvalue weighted by Crippen LogP contribution is 2.41. The molecule has 1 aromatic heterocycles. The van der Waals surface area contributed by atoms with Crippen LogP contribution in [-0.2, 0) is 4.79 Å². The summed E-state index contributed by atoms with van der Waals surface area (Å²) in [5, 5.41) is 11.9. The number of amides is 1. The minimum atomic E-state index is -0.349. The van der Waals surface area contributed by atoms with E-state index in [1.54, 1.807) is 25.3 Å². The second kappa shape index (κ2) is 10.6. The maximum atomic E-state index is 11.9. The molecule has 0 spiro atoms. The SMILES string of the molecule is CCOc1ccccc1Sc1ccc(-c2ccnc(N3CCN(C(C)=O)CC3)c2)cc1[N+](=O)[O-]. The van der Waals surface area contributed by atoms with E-state index in [1.807, 2.05) is 54.3 Å². The van der Waals surface area contributed by atoms with Gasteiger partial charge in [-0.05, 0) is 48.4 Å². The fourth-order valence-electron chi connectivity index (χ4n) is 3.87. The van der Waals surface area contributed by atoms with Gasteiger partial charge in [-0.15, -0.1) is 0 Å². The summed E-state index contributed by atoms with van der Waals surface area (Å²) in [6.07, 6.45) is 1.72. The Hall–Kier alpha value is -3.59. The summed E-state index contributed by atoms with van der Waals surface area (Å²) in [6, 6.07) is 16.6. The molecule has 0 aliphatic carbocycles. The minimum Gasteiger partial charge on any atom is -0.493 e. The largest absolute Gasteiger partial charge is 0.493 e. The van der Waals surface area contributed by atoms with Gasteiger partial charge in [0.2, 0.25) is 5.91 Å². The molecule has 1 aliphatic rings. The zero-order valence-electron chi connectivity index (χ0n) is 19.1. The molecule has 176 valence electrons. The lowest BCUT2D eigenvalue weighted by Crippen LogP contribution is -2.48. The van der Waals surface area contributed by atoms with E-state index in [-0.39, 0.29) is 16.5 Å². The van der Waals surface area contributed by atoms with E-state index in [9.17, 15) is 14.9 Å². The molecule has 0 radical (unpaired) electrons. The molecule has 1 amide bonds. The van der Waals surface area contributed by atoms with E-state index in [2.05, 4.69) is 9.88 Å². The average Bonchev–Trinajstić information content (AvgIpc) is 2.85. The van der Waals surface area contributed by atoms with Crippen LogP contribution in [0.15, 0.2) is 70.6 Å². The van der Waals surface area contributed by atoms with E-state index < -0.39 is 0 Å². The van der Waals surface area contributed by atoms with Crippen LogP contribution in [0.2, 0.25) is 0 Å². The highest BCUT2D eigenvalue weighted by molar-refractivity contribution is 7.99. The molecule has 2 aromatic carbocycles. The third-order valence-corrected chi connectivity index (χ3v) is 6.77. The lowest BCUT2D eigenvalue weighted by molar-refractivity contribution is -0.387. The zero-order valence-corrected chi connectivity index (χ0v) is 20.0. The Labute approximate surface area is 202 Å². The monoisotopic (exact) mass is 478 g/mol. The van der Waals surface area contributed by atoms with Crippen molar-refractivity contribution < 1.29 is 14.5 Å². The first-order valence-corrected chi connectivity index (χ1v) is 11.9. The van der Waals surface area contributed by atoms with E-state index >= 15 is 0 Å². The molecule has 0 unspecified atom stereocenters. The molecule has 2 heterocycles. The van der Waals surface area contributed by atoms with Crippen LogP contribution in [0.3, 0.4) is 0 Å². The van der Waals surface area contributed by atoms with Crippen molar-refractivity contribution in [1.82, 2.24) is 9.88 Å². The molecular formula is C25H26N4O4S. The van der Waals surface area contributed by atoms with E-state index in [4.69, 9.17) is 4.74 Å². The number of pyridine rings is 1. The number of hydrogen-bond donors (Lipinski definition) is 0. The van der Waals surface area contributed by atoms with Crippen LogP contribution in [0.25, 0.3) is 11.1 Å². The Bertz CT molecular complexity index is 1200. The molecule has 9 heteroatoms. The topological polar surface area (TPSA) is 88.8 Å². The van der Waals surface area contributed by atoms with Crippen LogP contribution in [0.5, 0.6) is 5.75 Å². The lowest BCUT2D eigenvalue weighted by Gasteiger charge is -2.35. The van der Waals surface area contributed by atoms with Gasteiger partial charge in [-0.25, -0.2) is 4.98 Å². The van der Waals surface area contributed by atoms with Crippen LogP contribution < -0.4 is 9.64 Å². The maximum absolute atomic E-state index is 11.9. The van der Waals surface area contributed by atoms with Gasteiger partial charge in [0.05, 0.1) is 21.3 Å².